The largest absolute Gasteiger partial charge is 0.354 e. The molecule has 1 aliphatic heterocycles. The van der Waals surface area contributed by atoms with Gasteiger partial charge in [0, 0.05) is 6.54 Å². The van der Waals surface area contributed by atoms with Crippen molar-refractivity contribution in [2.24, 2.45) is 5.92 Å². The average molecular weight is 335 g/mol. The van der Waals surface area contributed by atoms with Crippen LogP contribution in [0.4, 0.5) is 0 Å². The lowest BCUT2D eigenvalue weighted by Crippen LogP contribution is -2.35. The average Bonchev–Trinajstić information content (AvgIpc) is 2.88. The number of para-hydroxylation sites is 1. The topological polar surface area (TPSA) is 98.1 Å². The highest BCUT2D eigenvalue weighted by molar-refractivity contribution is 7.91. The molecule has 8 heteroatoms. The van der Waals surface area contributed by atoms with Gasteiger partial charge in [0.2, 0.25) is 5.91 Å². The minimum atomic E-state index is -2.95. The van der Waals surface area contributed by atoms with E-state index in [4.69, 9.17) is 0 Å². The van der Waals surface area contributed by atoms with Crippen molar-refractivity contribution < 1.29 is 13.2 Å². The van der Waals surface area contributed by atoms with Gasteiger partial charge in [-0.2, -0.15) is 0 Å². The van der Waals surface area contributed by atoms with Crippen LogP contribution < -0.4 is 10.9 Å². The molecule has 0 radical (unpaired) electrons. The number of hydrogen-bond donors (Lipinski definition) is 1. The lowest BCUT2D eigenvalue weighted by molar-refractivity contribution is -0.121. The second kappa shape index (κ2) is 6.11. The SMILES string of the molecule is O=C(Cn1cnc2ccccc2c1=O)NCC1CCS(=O)(=O)C1. The zero-order chi connectivity index (χ0) is 16.4. The molecule has 1 atom stereocenters. The van der Waals surface area contributed by atoms with Gasteiger partial charge in [-0.3, -0.25) is 14.2 Å². The summed E-state index contributed by atoms with van der Waals surface area (Å²) in [7, 11) is -2.95. The maximum atomic E-state index is 12.3. The first-order valence-electron chi connectivity index (χ1n) is 7.36. The molecule has 1 aliphatic rings. The molecule has 122 valence electrons. The number of sulfone groups is 1. The van der Waals surface area contributed by atoms with E-state index in [1.807, 2.05) is 0 Å². The van der Waals surface area contributed by atoms with Gasteiger partial charge in [0.15, 0.2) is 9.84 Å². The number of nitrogens with zero attached hydrogens (tertiary/aromatic N) is 2. The third-order valence-electron chi connectivity index (χ3n) is 3.96. The van der Waals surface area contributed by atoms with Crippen LogP contribution in [0, 0.1) is 5.92 Å². The second-order valence-corrected chi connectivity index (χ2v) is 8.00. The van der Waals surface area contributed by atoms with Gasteiger partial charge in [0.1, 0.15) is 6.54 Å². The molecule has 23 heavy (non-hydrogen) atoms. The number of nitrogens with one attached hydrogen (secondary N) is 1. The van der Waals surface area contributed by atoms with Gasteiger partial charge in [-0.25, -0.2) is 13.4 Å². The van der Waals surface area contributed by atoms with Gasteiger partial charge in [-0.1, -0.05) is 12.1 Å². The number of aromatic nitrogens is 2. The van der Waals surface area contributed by atoms with Crippen LogP contribution in [0.3, 0.4) is 0 Å². The molecular weight excluding hydrogens is 318 g/mol. The number of fused-ring (bicyclic) bond motifs is 1. The Bertz CT molecular complexity index is 904. The molecule has 1 aromatic heterocycles. The van der Waals surface area contributed by atoms with Gasteiger partial charge in [-0.05, 0) is 24.5 Å². The van der Waals surface area contributed by atoms with Gasteiger partial charge in [0.05, 0.1) is 28.7 Å². The molecule has 0 bridgehead atoms. The van der Waals surface area contributed by atoms with Crippen molar-refractivity contribution >= 4 is 26.6 Å². The number of carbonyl (C=O) groups excluding carboxylic acids is 1. The van der Waals surface area contributed by atoms with Crippen LogP contribution in [0.5, 0.6) is 0 Å². The molecule has 0 saturated carbocycles. The molecule has 0 aliphatic carbocycles. The fraction of sp³-hybridized carbons (Fsp3) is 0.400. The highest BCUT2D eigenvalue weighted by Gasteiger charge is 2.27. The normalized spacial score (nSPS) is 19.7. The smallest absolute Gasteiger partial charge is 0.261 e. The van der Waals surface area contributed by atoms with Gasteiger partial charge < -0.3 is 5.32 Å². The van der Waals surface area contributed by atoms with Crippen molar-refractivity contribution in [3.05, 3.63) is 40.9 Å². The highest BCUT2D eigenvalue weighted by Crippen LogP contribution is 2.17. The minimum Gasteiger partial charge on any atom is -0.354 e. The van der Waals surface area contributed by atoms with Crippen molar-refractivity contribution in [2.75, 3.05) is 18.1 Å². The molecule has 1 amide bonds. The fourth-order valence-electron chi connectivity index (χ4n) is 2.72. The van der Waals surface area contributed by atoms with Crippen LogP contribution in [-0.4, -0.2) is 41.9 Å². The first-order valence-corrected chi connectivity index (χ1v) is 9.18. The maximum absolute atomic E-state index is 12.3. The summed E-state index contributed by atoms with van der Waals surface area (Å²) in [6.45, 7) is 0.184. The number of benzene rings is 1. The van der Waals surface area contributed by atoms with Gasteiger partial charge in [-0.15, -0.1) is 0 Å². The molecular formula is C15H17N3O4S. The summed E-state index contributed by atoms with van der Waals surface area (Å²) < 4.78 is 24.0. The Labute approximate surface area is 133 Å². The Balaban J connectivity index is 1.64. The van der Waals surface area contributed by atoms with E-state index in [9.17, 15) is 18.0 Å². The van der Waals surface area contributed by atoms with Crippen LogP contribution in [0.2, 0.25) is 0 Å². The van der Waals surface area contributed by atoms with Crippen molar-refractivity contribution in [3.63, 3.8) is 0 Å². The highest BCUT2D eigenvalue weighted by atomic mass is 32.2. The Morgan fingerprint density at radius 1 is 1.35 bits per heavy atom. The van der Waals surface area contributed by atoms with Crippen molar-refractivity contribution in [1.82, 2.24) is 14.9 Å². The number of carbonyl (C=O) groups is 1. The molecule has 0 spiro atoms. The lowest BCUT2D eigenvalue weighted by Gasteiger charge is -2.11. The predicted molar refractivity (Wildman–Crippen MR) is 85.8 cm³/mol. The summed E-state index contributed by atoms with van der Waals surface area (Å²) in [4.78, 5) is 28.4. The molecule has 2 aromatic rings. The van der Waals surface area contributed by atoms with Crippen LogP contribution in [0.1, 0.15) is 6.42 Å². The predicted octanol–water partition coefficient (Wildman–Crippen LogP) is -0.0526. The van der Waals surface area contributed by atoms with E-state index in [1.165, 1.54) is 10.9 Å². The number of amides is 1. The second-order valence-electron chi connectivity index (χ2n) is 5.77. The third-order valence-corrected chi connectivity index (χ3v) is 5.80. The van der Waals surface area contributed by atoms with E-state index in [-0.39, 0.29) is 35.4 Å². The summed E-state index contributed by atoms with van der Waals surface area (Å²) >= 11 is 0. The molecule has 1 saturated heterocycles. The van der Waals surface area contributed by atoms with E-state index < -0.39 is 9.84 Å². The maximum Gasteiger partial charge on any atom is 0.261 e. The van der Waals surface area contributed by atoms with Crippen molar-refractivity contribution in [1.29, 1.82) is 0 Å². The first-order chi connectivity index (χ1) is 10.9. The molecule has 1 N–H and O–H groups in total. The summed E-state index contributed by atoms with van der Waals surface area (Å²) in [5.41, 5.74) is 0.319. The molecule has 1 unspecified atom stereocenters. The van der Waals surface area contributed by atoms with E-state index in [2.05, 4.69) is 10.3 Å². The Morgan fingerprint density at radius 3 is 2.87 bits per heavy atom. The Kier molecular flexibility index (Phi) is 4.16. The number of hydrogen-bond acceptors (Lipinski definition) is 5. The summed E-state index contributed by atoms with van der Waals surface area (Å²) in [5, 5.41) is 3.16. The molecule has 3 rings (SSSR count). The standard InChI is InChI=1S/C15H17N3O4S/c19-14(16-7-11-5-6-23(21,22)9-11)8-18-10-17-13-4-2-1-3-12(13)15(18)20/h1-4,10-11H,5-9H2,(H,16,19). The fourth-order valence-corrected chi connectivity index (χ4v) is 4.58. The number of rotatable bonds is 4. The van der Waals surface area contributed by atoms with Crippen LogP contribution >= 0.6 is 0 Å². The van der Waals surface area contributed by atoms with Gasteiger partial charge >= 0.3 is 0 Å². The summed E-state index contributed by atoms with van der Waals surface area (Å²) in [6, 6.07) is 6.95. The van der Waals surface area contributed by atoms with E-state index >= 15 is 0 Å². The van der Waals surface area contributed by atoms with Crippen LogP contribution in [-0.2, 0) is 21.2 Å². The van der Waals surface area contributed by atoms with E-state index in [0.717, 1.165) is 0 Å². The minimum absolute atomic E-state index is 0.0459. The molecule has 2 heterocycles. The van der Waals surface area contributed by atoms with E-state index in [0.29, 0.717) is 23.9 Å². The van der Waals surface area contributed by atoms with Gasteiger partial charge in [0.25, 0.3) is 5.56 Å². The molecule has 1 aromatic carbocycles. The zero-order valence-electron chi connectivity index (χ0n) is 12.4. The summed E-state index contributed by atoms with van der Waals surface area (Å²) in [6.07, 6.45) is 1.92. The quantitative estimate of drug-likeness (QED) is 0.844. The van der Waals surface area contributed by atoms with Crippen LogP contribution in [0.15, 0.2) is 35.4 Å². The van der Waals surface area contributed by atoms with Crippen molar-refractivity contribution in [2.45, 2.75) is 13.0 Å². The summed E-state index contributed by atoms with van der Waals surface area (Å²) in [5.74, 6) is -0.0734. The Hall–Kier alpha value is -2.22. The third kappa shape index (κ3) is 3.58. The zero-order valence-corrected chi connectivity index (χ0v) is 13.3. The molecule has 7 nitrogen and oxygen atoms in total. The van der Waals surface area contributed by atoms with Crippen LogP contribution in [0.25, 0.3) is 10.9 Å². The molecule has 1 fully saturated rings. The van der Waals surface area contributed by atoms with E-state index in [1.54, 1.807) is 24.3 Å². The van der Waals surface area contributed by atoms with Crippen molar-refractivity contribution in [3.8, 4) is 0 Å². The lowest BCUT2D eigenvalue weighted by atomic mass is 10.1. The Morgan fingerprint density at radius 2 is 2.13 bits per heavy atom. The first kappa shape index (κ1) is 15.7. The monoisotopic (exact) mass is 335 g/mol.